The topological polar surface area (TPSA) is 37.4 Å². The van der Waals surface area contributed by atoms with Crippen LogP contribution < -0.4 is 0 Å². The fourth-order valence-electron chi connectivity index (χ4n) is 3.73. The maximum absolute atomic E-state index is 12.7. The summed E-state index contributed by atoms with van der Waals surface area (Å²) in [6, 6.07) is 10.3. The van der Waals surface area contributed by atoms with E-state index in [1.54, 1.807) is 0 Å². The van der Waals surface area contributed by atoms with E-state index in [-0.39, 0.29) is 12.1 Å². The molecule has 20 heavy (non-hydrogen) atoms. The first-order chi connectivity index (χ1) is 9.46. The number of nitrogens with zero attached hydrogens (tertiary/aromatic N) is 1. The zero-order chi connectivity index (χ0) is 14.4. The average Bonchev–Trinajstić information content (AvgIpc) is 2.45. The molecule has 2 aliphatic rings. The Bertz CT molecular complexity index is 574. The van der Waals surface area contributed by atoms with Crippen LogP contribution in [0.15, 0.2) is 30.3 Å². The highest BCUT2D eigenvalue weighted by atomic mass is 32.2. The van der Waals surface area contributed by atoms with E-state index in [1.165, 1.54) is 6.42 Å². The molecule has 0 amide bonds. The summed E-state index contributed by atoms with van der Waals surface area (Å²) >= 11 is 0. The maximum Gasteiger partial charge on any atom is 0.222 e. The standard InChI is InChI=1S/C16H23NO2S/c1-16(2)15(13-9-5-3-6-10-13)17(20(16,18)19)14-11-7-4-8-12-14/h3,5-6,9-10,14-15H,4,7-8,11-12H2,1-2H3. The van der Waals surface area contributed by atoms with Crippen molar-refractivity contribution in [2.45, 2.75) is 62.8 Å². The fraction of sp³-hybridized carbons (Fsp3) is 0.625. The van der Waals surface area contributed by atoms with Crippen LogP contribution >= 0.6 is 0 Å². The summed E-state index contributed by atoms with van der Waals surface area (Å²) in [5.41, 5.74) is 1.12. The Kier molecular flexibility index (Phi) is 3.41. The summed E-state index contributed by atoms with van der Waals surface area (Å²) in [7, 11) is -3.16. The van der Waals surface area contributed by atoms with Gasteiger partial charge in [0, 0.05) is 6.04 Å². The summed E-state index contributed by atoms with van der Waals surface area (Å²) in [6.45, 7) is 3.72. The molecule has 4 heteroatoms. The molecular weight excluding hydrogens is 270 g/mol. The molecule has 1 aromatic rings. The number of rotatable bonds is 2. The second-order valence-corrected chi connectivity index (χ2v) is 8.97. The highest BCUT2D eigenvalue weighted by molar-refractivity contribution is 7.91. The summed E-state index contributed by atoms with van der Waals surface area (Å²) in [5.74, 6) is 0. The second kappa shape index (κ2) is 4.85. The van der Waals surface area contributed by atoms with E-state index in [0.29, 0.717) is 0 Å². The molecule has 0 radical (unpaired) electrons. The molecule has 0 bridgehead atoms. The minimum absolute atomic E-state index is 0.00296. The molecular formula is C16H23NO2S. The summed E-state index contributed by atoms with van der Waals surface area (Å²) in [4.78, 5) is 0. The van der Waals surface area contributed by atoms with Gasteiger partial charge in [0.05, 0.1) is 6.04 Å². The van der Waals surface area contributed by atoms with Crippen molar-refractivity contribution in [3.05, 3.63) is 35.9 Å². The lowest BCUT2D eigenvalue weighted by molar-refractivity contribution is 0.127. The van der Waals surface area contributed by atoms with E-state index in [4.69, 9.17) is 0 Å². The Hall–Kier alpha value is -0.870. The van der Waals surface area contributed by atoms with Crippen molar-refractivity contribution in [1.82, 2.24) is 4.31 Å². The van der Waals surface area contributed by atoms with E-state index >= 15 is 0 Å². The Labute approximate surface area is 122 Å². The maximum atomic E-state index is 12.7. The predicted octanol–water partition coefficient (Wildman–Crippen LogP) is 3.48. The third-order valence-electron chi connectivity index (χ3n) is 4.91. The summed E-state index contributed by atoms with van der Waals surface area (Å²) in [6.07, 6.45) is 5.57. The van der Waals surface area contributed by atoms with Gasteiger partial charge in [0.25, 0.3) is 0 Å². The quantitative estimate of drug-likeness (QED) is 0.837. The van der Waals surface area contributed by atoms with Gasteiger partial charge in [0.2, 0.25) is 10.0 Å². The number of hydrogen-bond donors (Lipinski definition) is 0. The molecule has 0 aromatic heterocycles. The summed E-state index contributed by atoms with van der Waals surface area (Å²) in [5, 5.41) is 0. The van der Waals surface area contributed by atoms with Gasteiger partial charge in [0.15, 0.2) is 0 Å². The van der Waals surface area contributed by atoms with Crippen molar-refractivity contribution in [1.29, 1.82) is 0 Å². The number of benzene rings is 1. The Morgan fingerprint density at radius 3 is 2.25 bits per heavy atom. The van der Waals surface area contributed by atoms with Gasteiger partial charge in [-0.05, 0) is 32.3 Å². The molecule has 1 saturated carbocycles. The van der Waals surface area contributed by atoms with Crippen LogP contribution in [0.2, 0.25) is 0 Å². The number of sulfonamides is 1. The van der Waals surface area contributed by atoms with E-state index in [1.807, 2.05) is 36.4 Å². The van der Waals surface area contributed by atoms with Gasteiger partial charge in [-0.25, -0.2) is 8.42 Å². The monoisotopic (exact) mass is 293 g/mol. The van der Waals surface area contributed by atoms with Crippen LogP contribution in [0.3, 0.4) is 0 Å². The van der Waals surface area contributed by atoms with E-state index in [0.717, 1.165) is 31.2 Å². The van der Waals surface area contributed by atoms with Gasteiger partial charge in [-0.3, -0.25) is 0 Å². The molecule has 0 spiro atoms. The minimum atomic E-state index is -3.16. The van der Waals surface area contributed by atoms with Crippen molar-refractivity contribution in [2.75, 3.05) is 0 Å². The first-order valence-electron chi connectivity index (χ1n) is 7.54. The first-order valence-corrected chi connectivity index (χ1v) is 8.98. The second-order valence-electron chi connectivity index (χ2n) is 6.54. The molecule has 3 rings (SSSR count). The molecule has 3 nitrogen and oxygen atoms in total. The van der Waals surface area contributed by atoms with Crippen molar-refractivity contribution >= 4 is 10.0 Å². The normalized spacial score (nSPS) is 29.8. The first kappa shape index (κ1) is 14.1. The van der Waals surface area contributed by atoms with Crippen LogP contribution in [-0.4, -0.2) is 23.5 Å². The van der Waals surface area contributed by atoms with Crippen molar-refractivity contribution in [3.8, 4) is 0 Å². The molecule has 1 aliphatic heterocycles. The lowest BCUT2D eigenvalue weighted by Crippen LogP contribution is -2.67. The van der Waals surface area contributed by atoms with Crippen LogP contribution in [0.4, 0.5) is 0 Å². The lowest BCUT2D eigenvalue weighted by atomic mass is 9.89. The highest BCUT2D eigenvalue weighted by Crippen LogP contribution is 2.53. The lowest BCUT2D eigenvalue weighted by Gasteiger charge is -2.56. The predicted molar refractivity (Wildman–Crippen MR) is 80.9 cm³/mol. The molecule has 1 heterocycles. The molecule has 1 aromatic carbocycles. The minimum Gasteiger partial charge on any atom is -0.212 e. The van der Waals surface area contributed by atoms with Crippen molar-refractivity contribution < 1.29 is 8.42 Å². The van der Waals surface area contributed by atoms with Gasteiger partial charge < -0.3 is 0 Å². The summed E-state index contributed by atoms with van der Waals surface area (Å²) < 4.78 is 26.5. The van der Waals surface area contributed by atoms with Gasteiger partial charge in [-0.1, -0.05) is 49.6 Å². The van der Waals surface area contributed by atoms with Crippen LogP contribution in [0.1, 0.15) is 57.6 Å². The molecule has 1 atom stereocenters. The smallest absolute Gasteiger partial charge is 0.212 e. The Balaban J connectivity index is 1.97. The van der Waals surface area contributed by atoms with Crippen molar-refractivity contribution in [2.24, 2.45) is 0 Å². The van der Waals surface area contributed by atoms with Gasteiger partial charge >= 0.3 is 0 Å². The van der Waals surface area contributed by atoms with Crippen LogP contribution in [-0.2, 0) is 10.0 Å². The average molecular weight is 293 g/mol. The SMILES string of the molecule is CC1(C)C(c2ccccc2)N(C2CCCCC2)S1(=O)=O. The van der Waals surface area contributed by atoms with Crippen molar-refractivity contribution in [3.63, 3.8) is 0 Å². The largest absolute Gasteiger partial charge is 0.222 e. The van der Waals surface area contributed by atoms with Gasteiger partial charge in [-0.15, -0.1) is 0 Å². The molecule has 2 fully saturated rings. The number of hydrogen-bond acceptors (Lipinski definition) is 2. The molecule has 1 unspecified atom stereocenters. The Morgan fingerprint density at radius 2 is 1.65 bits per heavy atom. The highest BCUT2D eigenvalue weighted by Gasteiger charge is 2.62. The molecule has 0 N–H and O–H groups in total. The molecule has 1 saturated heterocycles. The van der Waals surface area contributed by atoms with Crippen LogP contribution in [0.25, 0.3) is 0 Å². The zero-order valence-electron chi connectivity index (χ0n) is 12.2. The van der Waals surface area contributed by atoms with E-state index in [2.05, 4.69) is 12.1 Å². The third-order valence-corrected chi connectivity index (χ3v) is 7.52. The zero-order valence-corrected chi connectivity index (χ0v) is 13.1. The van der Waals surface area contributed by atoms with Gasteiger partial charge in [-0.2, -0.15) is 4.31 Å². The third kappa shape index (κ3) is 1.92. The van der Waals surface area contributed by atoms with Crippen LogP contribution in [0.5, 0.6) is 0 Å². The molecule has 1 aliphatic carbocycles. The van der Waals surface area contributed by atoms with E-state index in [9.17, 15) is 8.42 Å². The Morgan fingerprint density at radius 1 is 1.05 bits per heavy atom. The van der Waals surface area contributed by atoms with E-state index < -0.39 is 14.8 Å². The van der Waals surface area contributed by atoms with Crippen LogP contribution in [0, 0.1) is 0 Å². The fourth-order valence-corrected chi connectivity index (χ4v) is 5.92. The van der Waals surface area contributed by atoms with Gasteiger partial charge in [0.1, 0.15) is 4.75 Å². The molecule has 110 valence electrons.